The Morgan fingerprint density at radius 2 is 1.80 bits per heavy atom. The third-order valence-corrected chi connectivity index (χ3v) is 4.43. The predicted octanol–water partition coefficient (Wildman–Crippen LogP) is 2.53. The molecule has 1 unspecified atom stereocenters. The van der Waals surface area contributed by atoms with Gasteiger partial charge in [-0.1, -0.05) is 42.5 Å². The van der Waals surface area contributed by atoms with E-state index in [0.717, 1.165) is 11.1 Å². The molecule has 0 saturated carbocycles. The molecular formula is C20H21FN2O2. The van der Waals surface area contributed by atoms with E-state index in [-0.39, 0.29) is 30.0 Å². The first-order valence-corrected chi connectivity index (χ1v) is 8.45. The summed E-state index contributed by atoms with van der Waals surface area (Å²) in [5.41, 5.74) is 2.03. The van der Waals surface area contributed by atoms with Crippen LogP contribution in [0.4, 0.5) is 4.39 Å². The van der Waals surface area contributed by atoms with Crippen molar-refractivity contribution in [2.24, 2.45) is 5.92 Å². The van der Waals surface area contributed by atoms with Crippen molar-refractivity contribution in [3.8, 4) is 0 Å². The van der Waals surface area contributed by atoms with E-state index in [2.05, 4.69) is 5.32 Å². The van der Waals surface area contributed by atoms with E-state index in [9.17, 15) is 14.0 Å². The first-order valence-electron chi connectivity index (χ1n) is 8.45. The first kappa shape index (κ1) is 17.1. The monoisotopic (exact) mass is 340 g/mol. The van der Waals surface area contributed by atoms with Crippen molar-refractivity contribution in [3.05, 3.63) is 71.5 Å². The van der Waals surface area contributed by atoms with Gasteiger partial charge in [0.05, 0.1) is 5.92 Å². The fourth-order valence-electron chi connectivity index (χ4n) is 3.03. The lowest BCUT2D eigenvalue weighted by Gasteiger charge is -2.16. The molecular weight excluding hydrogens is 319 g/mol. The summed E-state index contributed by atoms with van der Waals surface area (Å²) in [5.74, 6) is -0.645. The zero-order chi connectivity index (χ0) is 17.6. The molecule has 1 saturated heterocycles. The van der Waals surface area contributed by atoms with E-state index >= 15 is 0 Å². The third kappa shape index (κ3) is 4.66. The first-order chi connectivity index (χ1) is 12.1. The molecule has 0 radical (unpaired) electrons. The minimum Gasteiger partial charge on any atom is -0.355 e. The highest BCUT2D eigenvalue weighted by molar-refractivity contribution is 5.89. The molecule has 2 aromatic carbocycles. The second-order valence-electron chi connectivity index (χ2n) is 6.33. The molecule has 1 heterocycles. The Bertz CT molecular complexity index is 731. The zero-order valence-corrected chi connectivity index (χ0v) is 14.0. The number of nitrogens with one attached hydrogen (secondary N) is 1. The van der Waals surface area contributed by atoms with Gasteiger partial charge in [-0.3, -0.25) is 9.59 Å². The molecule has 1 N–H and O–H groups in total. The average Bonchev–Trinajstić information content (AvgIpc) is 2.98. The summed E-state index contributed by atoms with van der Waals surface area (Å²) < 4.78 is 12.9. The number of amides is 2. The predicted molar refractivity (Wildman–Crippen MR) is 93.1 cm³/mol. The summed E-state index contributed by atoms with van der Waals surface area (Å²) >= 11 is 0. The van der Waals surface area contributed by atoms with Crippen LogP contribution in [-0.4, -0.2) is 29.8 Å². The van der Waals surface area contributed by atoms with Gasteiger partial charge in [-0.05, 0) is 29.7 Å². The molecule has 1 atom stereocenters. The van der Waals surface area contributed by atoms with Crippen LogP contribution in [0.25, 0.3) is 0 Å². The van der Waals surface area contributed by atoms with Gasteiger partial charge >= 0.3 is 0 Å². The molecule has 0 spiro atoms. The topological polar surface area (TPSA) is 49.4 Å². The number of carbonyl (C=O) groups excluding carboxylic acids is 2. The van der Waals surface area contributed by atoms with Crippen molar-refractivity contribution < 1.29 is 14.0 Å². The number of carbonyl (C=O) groups is 2. The molecule has 1 aliphatic heterocycles. The summed E-state index contributed by atoms with van der Waals surface area (Å²) in [6.07, 6.45) is 0.898. The molecule has 0 bridgehead atoms. The summed E-state index contributed by atoms with van der Waals surface area (Å²) in [5, 5.41) is 2.88. The molecule has 130 valence electrons. The van der Waals surface area contributed by atoms with Gasteiger partial charge < -0.3 is 10.2 Å². The fourth-order valence-corrected chi connectivity index (χ4v) is 3.03. The lowest BCUT2D eigenvalue weighted by Crippen LogP contribution is -2.34. The maximum absolute atomic E-state index is 12.9. The van der Waals surface area contributed by atoms with E-state index in [1.165, 1.54) is 12.1 Å². The number of halogens is 1. The molecule has 1 fully saturated rings. The van der Waals surface area contributed by atoms with Gasteiger partial charge in [0.2, 0.25) is 11.8 Å². The Hall–Kier alpha value is -2.69. The summed E-state index contributed by atoms with van der Waals surface area (Å²) in [7, 11) is 0. The molecule has 3 rings (SSSR count). The molecule has 1 aliphatic rings. The lowest BCUT2D eigenvalue weighted by atomic mass is 10.1. The Kier molecular flexibility index (Phi) is 5.43. The standard InChI is InChI=1S/C20H21FN2O2/c21-18-8-6-15(7-9-18)10-11-22-20(25)17-12-19(24)23(14-17)13-16-4-2-1-3-5-16/h1-9,17H,10-14H2,(H,22,25). The number of hydrogen-bond acceptors (Lipinski definition) is 2. The average molecular weight is 340 g/mol. The molecule has 2 aromatic rings. The highest BCUT2D eigenvalue weighted by Gasteiger charge is 2.33. The maximum Gasteiger partial charge on any atom is 0.225 e. The van der Waals surface area contributed by atoms with Gasteiger partial charge in [0.15, 0.2) is 0 Å². The Balaban J connectivity index is 1.46. The van der Waals surface area contributed by atoms with E-state index in [1.807, 2.05) is 30.3 Å². The van der Waals surface area contributed by atoms with Crippen molar-refractivity contribution in [2.75, 3.05) is 13.1 Å². The number of hydrogen-bond donors (Lipinski definition) is 1. The van der Waals surface area contributed by atoms with Gasteiger partial charge in [0.25, 0.3) is 0 Å². The minimum atomic E-state index is -0.301. The molecule has 5 heteroatoms. The van der Waals surface area contributed by atoms with Crippen molar-refractivity contribution in [3.63, 3.8) is 0 Å². The van der Waals surface area contributed by atoms with Crippen LogP contribution in [0.15, 0.2) is 54.6 Å². The van der Waals surface area contributed by atoms with Crippen molar-refractivity contribution >= 4 is 11.8 Å². The van der Waals surface area contributed by atoms with Gasteiger partial charge in [-0.2, -0.15) is 0 Å². The SMILES string of the molecule is O=C(NCCc1ccc(F)cc1)C1CC(=O)N(Cc2ccccc2)C1. The van der Waals surface area contributed by atoms with Crippen LogP contribution in [0, 0.1) is 11.7 Å². The van der Waals surface area contributed by atoms with E-state index in [4.69, 9.17) is 0 Å². The van der Waals surface area contributed by atoms with Crippen LogP contribution in [0.5, 0.6) is 0 Å². The largest absolute Gasteiger partial charge is 0.355 e. The fraction of sp³-hybridized carbons (Fsp3) is 0.300. The van der Waals surface area contributed by atoms with Gasteiger partial charge in [0, 0.05) is 26.1 Å². The summed E-state index contributed by atoms with van der Waals surface area (Å²) in [6, 6.07) is 16.0. The summed E-state index contributed by atoms with van der Waals surface area (Å²) in [6.45, 7) is 1.48. The zero-order valence-electron chi connectivity index (χ0n) is 14.0. The Morgan fingerprint density at radius 3 is 2.52 bits per heavy atom. The highest BCUT2D eigenvalue weighted by atomic mass is 19.1. The van der Waals surface area contributed by atoms with Gasteiger partial charge in [-0.15, -0.1) is 0 Å². The highest BCUT2D eigenvalue weighted by Crippen LogP contribution is 2.20. The molecule has 0 aromatic heterocycles. The van der Waals surface area contributed by atoms with E-state index in [0.29, 0.717) is 26.1 Å². The van der Waals surface area contributed by atoms with Crippen molar-refractivity contribution in [1.82, 2.24) is 10.2 Å². The molecule has 25 heavy (non-hydrogen) atoms. The van der Waals surface area contributed by atoms with Gasteiger partial charge in [0.1, 0.15) is 5.82 Å². The van der Waals surface area contributed by atoms with Crippen molar-refractivity contribution in [1.29, 1.82) is 0 Å². The number of rotatable bonds is 6. The van der Waals surface area contributed by atoms with Crippen LogP contribution >= 0.6 is 0 Å². The van der Waals surface area contributed by atoms with Crippen molar-refractivity contribution in [2.45, 2.75) is 19.4 Å². The smallest absolute Gasteiger partial charge is 0.225 e. The van der Waals surface area contributed by atoms with Crippen LogP contribution in [0.3, 0.4) is 0 Å². The maximum atomic E-state index is 12.9. The quantitative estimate of drug-likeness (QED) is 0.878. The van der Waals surface area contributed by atoms with E-state index in [1.54, 1.807) is 17.0 Å². The van der Waals surface area contributed by atoms with E-state index < -0.39 is 0 Å². The second kappa shape index (κ2) is 7.92. The number of benzene rings is 2. The van der Waals surface area contributed by atoms with Gasteiger partial charge in [-0.25, -0.2) is 4.39 Å². The minimum absolute atomic E-state index is 0.0162. The van der Waals surface area contributed by atoms with Crippen LogP contribution in [-0.2, 0) is 22.6 Å². The van der Waals surface area contributed by atoms with Crippen LogP contribution < -0.4 is 5.32 Å². The molecule has 0 aliphatic carbocycles. The van der Waals surface area contributed by atoms with Crippen LogP contribution in [0.2, 0.25) is 0 Å². The Labute approximate surface area is 146 Å². The van der Waals surface area contributed by atoms with Crippen LogP contribution in [0.1, 0.15) is 17.5 Å². The molecule has 4 nitrogen and oxygen atoms in total. The Morgan fingerprint density at radius 1 is 1.08 bits per heavy atom. The second-order valence-corrected chi connectivity index (χ2v) is 6.33. The lowest BCUT2D eigenvalue weighted by molar-refractivity contribution is -0.129. The normalized spacial score (nSPS) is 16.9. The third-order valence-electron chi connectivity index (χ3n) is 4.43. The molecule has 2 amide bonds. The number of nitrogens with zero attached hydrogens (tertiary/aromatic N) is 1. The summed E-state index contributed by atoms with van der Waals surface area (Å²) in [4.78, 5) is 26.1. The number of likely N-dealkylation sites (tertiary alicyclic amines) is 1.